The predicted octanol–water partition coefficient (Wildman–Crippen LogP) is 6.15. The molecule has 1 unspecified atom stereocenters. The average Bonchev–Trinajstić information content (AvgIpc) is 3.06. The van der Waals surface area contributed by atoms with E-state index in [-0.39, 0.29) is 30.2 Å². The number of halogens is 2. The van der Waals surface area contributed by atoms with Crippen molar-refractivity contribution in [3.8, 4) is 17.2 Å². The van der Waals surface area contributed by atoms with Gasteiger partial charge in [0, 0.05) is 24.5 Å². The Bertz CT molecular complexity index is 1350. The van der Waals surface area contributed by atoms with Gasteiger partial charge in [0.15, 0.2) is 11.5 Å². The van der Waals surface area contributed by atoms with Crippen LogP contribution in [0.25, 0.3) is 0 Å². The van der Waals surface area contributed by atoms with Crippen LogP contribution < -0.4 is 14.2 Å². The fourth-order valence-corrected chi connectivity index (χ4v) is 5.54. The number of piperidine rings is 1. The van der Waals surface area contributed by atoms with Crippen molar-refractivity contribution in [3.63, 3.8) is 0 Å². The molecule has 0 aliphatic carbocycles. The van der Waals surface area contributed by atoms with Gasteiger partial charge in [0.05, 0.1) is 21.3 Å². The number of carbonyl (C=O) groups excluding carboxylic acids is 2. The molecular formula is C34H40F2N2O6. The van der Waals surface area contributed by atoms with E-state index in [0.29, 0.717) is 32.1 Å². The van der Waals surface area contributed by atoms with E-state index in [1.165, 1.54) is 21.3 Å². The molecule has 0 N–H and O–H groups in total. The van der Waals surface area contributed by atoms with Crippen LogP contribution in [0, 0.1) is 0 Å². The van der Waals surface area contributed by atoms with Crippen LogP contribution >= 0.6 is 0 Å². The van der Waals surface area contributed by atoms with Crippen molar-refractivity contribution in [1.29, 1.82) is 0 Å². The quantitative estimate of drug-likeness (QED) is 0.203. The van der Waals surface area contributed by atoms with E-state index in [0.717, 1.165) is 41.0 Å². The normalized spacial score (nSPS) is 15.8. The molecule has 4 rings (SSSR count). The first-order chi connectivity index (χ1) is 21.3. The fraction of sp³-hybridized carbons (Fsp3) is 0.441. The van der Waals surface area contributed by atoms with Gasteiger partial charge >= 0.3 is 11.9 Å². The second-order valence-electron chi connectivity index (χ2n) is 10.8. The third-order valence-corrected chi connectivity index (χ3v) is 7.93. The maximum Gasteiger partial charge on any atom is 0.350 e. The SMILES string of the molecule is COc1cc(C(F)(F)C(=O)N2CCCC[C@H]2C(=O)OC(CCCc2cccnc2)CCc2ccccc2)cc(OC)c1OC. The number of esters is 1. The molecule has 2 heterocycles. The monoisotopic (exact) mass is 610 g/mol. The lowest BCUT2D eigenvalue weighted by molar-refractivity contribution is -0.173. The van der Waals surface area contributed by atoms with Gasteiger partial charge in [-0.3, -0.25) is 9.78 Å². The molecule has 2 aromatic carbocycles. The van der Waals surface area contributed by atoms with Gasteiger partial charge in [-0.2, -0.15) is 8.78 Å². The van der Waals surface area contributed by atoms with Gasteiger partial charge in [0.25, 0.3) is 5.91 Å². The van der Waals surface area contributed by atoms with Crippen LogP contribution in [0.2, 0.25) is 0 Å². The topological polar surface area (TPSA) is 87.2 Å². The predicted molar refractivity (Wildman–Crippen MR) is 161 cm³/mol. The Hall–Kier alpha value is -4.21. The van der Waals surface area contributed by atoms with Gasteiger partial charge in [0.2, 0.25) is 5.75 Å². The molecule has 8 nitrogen and oxygen atoms in total. The standard InChI is InChI=1S/C34H40F2N2O6/c1-41-29-21-26(22-30(42-2)31(29)43-3)34(35,36)33(40)38-20-8-7-16-28(38)32(39)44-27(18-17-24-11-5-4-6-12-24)15-9-13-25-14-10-19-37-23-25/h4-6,10-12,14,19,21-23,27-28H,7-9,13,15-18,20H2,1-3H3/t27?,28-/m0/s1. The Morgan fingerprint density at radius 2 is 1.64 bits per heavy atom. The van der Waals surface area contributed by atoms with Crippen molar-refractivity contribution in [2.75, 3.05) is 27.9 Å². The Morgan fingerprint density at radius 1 is 0.932 bits per heavy atom. The molecule has 236 valence electrons. The zero-order valence-corrected chi connectivity index (χ0v) is 25.5. The molecule has 10 heteroatoms. The number of aryl methyl sites for hydroxylation is 2. The van der Waals surface area contributed by atoms with E-state index in [1.807, 2.05) is 48.7 Å². The minimum Gasteiger partial charge on any atom is -0.493 e. The van der Waals surface area contributed by atoms with Crippen molar-refractivity contribution in [2.24, 2.45) is 0 Å². The number of rotatable bonds is 14. The van der Waals surface area contributed by atoms with Gasteiger partial charge in [-0.1, -0.05) is 36.4 Å². The van der Waals surface area contributed by atoms with Gasteiger partial charge in [-0.15, -0.1) is 0 Å². The van der Waals surface area contributed by atoms with E-state index in [2.05, 4.69) is 4.98 Å². The zero-order chi connectivity index (χ0) is 31.5. The highest BCUT2D eigenvalue weighted by Crippen LogP contribution is 2.43. The maximum absolute atomic E-state index is 15.8. The summed E-state index contributed by atoms with van der Waals surface area (Å²) in [5.74, 6) is -5.96. The summed E-state index contributed by atoms with van der Waals surface area (Å²) in [5.41, 5.74) is 1.57. The minimum absolute atomic E-state index is 0.00327. The highest BCUT2D eigenvalue weighted by molar-refractivity contribution is 5.90. The number of hydrogen-bond donors (Lipinski definition) is 0. The molecule has 1 fully saturated rings. The second-order valence-corrected chi connectivity index (χ2v) is 10.8. The van der Waals surface area contributed by atoms with E-state index >= 15 is 8.78 Å². The Kier molecular flexibility index (Phi) is 11.5. The van der Waals surface area contributed by atoms with Crippen LogP contribution in [-0.4, -0.2) is 61.8 Å². The molecule has 44 heavy (non-hydrogen) atoms. The number of aromatic nitrogens is 1. The van der Waals surface area contributed by atoms with Crippen LogP contribution in [0.5, 0.6) is 17.2 Å². The molecule has 1 aliphatic heterocycles. The molecule has 0 saturated carbocycles. The van der Waals surface area contributed by atoms with Gasteiger partial charge in [-0.25, -0.2) is 4.79 Å². The van der Waals surface area contributed by atoms with Crippen molar-refractivity contribution >= 4 is 11.9 Å². The second kappa shape index (κ2) is 15.5. The molecule has 0 spiro atoms. The molecule has 1 amide bonds. The van der Waals surface area contributed by atoms with E-state index < -0.39 is 35.5 Å². The van der Waals surface area contributed by atoms with Crippen molar-refractivity contribution in [2.45, 2.75) is 69.4 Å². The summed E-state index contributed by atoms with van der Waals surface area (Å²) in [7, 11) is 3.98. The molecule has 1 aromatic heterocycles. The van der Waals surface area contributed by atoms with Crippen molar-refractivity contribution in [3.05, 3.63) is 83.7 Å². The summed E-state index contributed by atoms with van der Waals surface area (Å²) in [6.45, 7) is 0.0221. The van der Waals surface area contributed by atoms with Crippen molar-refractivity contribution in [1.82, 2.24) is 9.88 Å². The number of benzene rings is 2. The first-order valence-electron chi connectivity index (χ1n) is 14.9. The Balaban J connectivity index is 1.50. The number of ether oxygens (including phenoxy) is 4. The third kappa shape index (κ3) is 8.03. The number of carbonyl (C=O) groups is 2. The summed E-state index contributed by atoms with van der Waals surface area (Å²) in [6.07, 6.45) is 7.84. The highest BCUT2D eigenvalue weighted by atomic mass is 19.3. The summed E-state index contributed by atoms with van der Waals surface area (Å²) in [4.78, 5) is 32.2. The van der Waals surface area contributed by atoms with Crippen molar-refractivity contribution < 1.29 is 37.3 Å². The minimum atomic E-state index is -3.96. The van der Waals surface area contributed by atoms with Gasteiger partial charge in [-0.05, 0) is 80.7 Å². The summed E-state index contributed by atoms with van der Waals surface area (Å²) in [6, 6.07) is 14.8. The lowest BCUT2D eigenvalue weighted by Crippen LogP contribution is -2.53. The maximum atomic E-state index is 15.8. The molecular weight excluding hydrogens is 570 g/mol. The van der Waals surface area contributed by atoms with E-state index in [4.69, 9.17) is 18.9 Å². The summed E-state index contributed by atoms with van der Waals surface area (Å²) < 4.78 is 53.3. The number of likely N-dealkylation sites (tertiary alicyclic amines) is 1. The lowest BCUT2D eigenvalue weighted by atomic mass is 9.98. The molecule has 0 bridgehead atoms. The smallest absolute Gasteiger partial charge is 0.350 e. The summed E-state index contributed by atoms with van der Waals surface area (Å²) >= 11 is 0. The largest absolute Gasteiger partial charge is 0.493 e. The average molecular weight is 611 g/mol. The number of hydrogen-bond acceptors (Lipinski definition) is 7. The number of pyridine rings is 1. The first-order valence-corrected chi connectivity index (χ1v) is 14.9. The van der Waals surface area contributed by atoms with E-state index in [9.17, 15) is 9.59 Å². The number of methoxy groups -OCH3 is 3. The molecule has 1 aliphatic rings. The zero-order valence-electron chi connectivity index (χ0n) is 25.5. The highest BCUT2D eigenvalue weighted by Gasteiger charge is 2.49. The van der Waals surface area contributed by atoms with Gasteiger partial charge < -0.3 is 23.8 Å². The number of amides is 1. The first kappa shape index (κ1) is 32.7. The molecule has 0 radical (unpaired) electrons. The van der Waals surface area contributed by atoms with Crippen LogP contribution in [0.15, 0.2) is 67.0 Å². The van der Waals surface area contributed by atoms with E-state index in [1.54, 1.807) is 6.20 Å². The van der Waals surface area contributed by atoms with Crippen LogP contribution in [0.3, 0.4) is 0 Å². The van der Waals surface area contributed by atoms with Crippen LogP contribution in [0.4, 0.5) is 8.78 Å². The molecule has 1 saturated heterocycles. The van der Waals surface area contributed by atoms with Crippen LogP contribution in [0.1, 0.15) is 55.2 Å². The van der Waals surface area contributed by atoms with Gasteiger partial charge in [0.1, 0.15) is 12.1 Å². The van der Waals surface area contributed by atoms with Crippen LogP contribution in [-0.2, 0) is 33.1 Å². The number of nitrogens with zero attached hydrogens (tertiary/aromatic N) is 2. The molecule has 3 aromatic rings. The lowest BCUT2D eigenvalue weighted by Gasteiger charge is -2.37. The fourth-order valence-electron chi connectivity index (χ4n) is 5.54. The number of alkyl halides is 2. The summed E-state index contributed by atoms with van der Waals surface area (Å²) in [5, 5.41) is 0. The Labute approximate surface area is 257 Å². The third-order valence-electron chi connectivity index (χ3n) is 7.93. The Morgan fingerprint density at radius 3 is 2.27 bits per heavy atom. The molecule has 2 atom stereocenters.